The number of carbonyl (C=O) groups is 2. The summed E-state index contributed by atoms with van der Waals surface area (Å²) in [6.45, 7) is 6.44. The molecule has 21 heavy (non-hydrogen) atoms. The Hall–Kier alpha value is -1.40. The Kier molecular flexibility index (Phi) is 5.92. The third-order valence-corrected chi connectivity index (χ3v) is 3.64. The van der Waals surface area contributed by atoms with Crippen molar-refractivity contribution < 1.29 is 14.7 Å². The van der Waals surface area contributed by atoms with E-state index in [1.54, 1.807) is 6.07 Å². The van der Waals surface area contributed by atoms with E-state index in [-0.39, 0.29) is 29.3 Å². The highest BCUT2D eigenvalue weighted by Crippen LogP contribution is 2.27. The van der Waals surface area contributed by atoms with Gasteiger partial charge in [0.15, 0.2) is 0 Å². The molecule has 0 aliphatic carbocycles. The van der Waals surface area contributed by atoms with Gasteiger partial charge in [-0.15, -0.1) is 0 Å². The lowest BCUT2D eigenvalue weighted by Gasteiger charge is -2.24. The van der Waals surface area contributed by atoms with E-state index in [4.69, 9.17) is 10.8 Å². The highest BCUT2D eigenvalue weighted by molar-refractivity contribution is 9.10. The summed E-state index contributed by atoms with van der Waals surface area (Å²) in [5.41, 5.74) is 6.39. The standard InChI is InChI=1S/C15H21BrN2O3/c1-15(2,3)7-10(8-17)13(19)18-12-5-4-9(14(20)21)6-11(12)16/h4-6,10H,7-8,17H2,1-3H3,(H,18,19)(H,20,21). The van der Waals surface area contributed by atoms with Gasteiger partial charge >= 0.3 is 5.97 Å². The number of rotatable bonds is 5. The van der Waals surface area contributed by atoms with Crippen LogP contribution in [-0.2, 0) is 4.79 Å². The van der Waals surface area contributed by atoms with Crippen LogP contribution in [0.2, 0.25) is 0 Å². The van der Waals surface area contributed by atoms with Crippen LogP contribution in [0.5, 0.6) is 0 Å². The SMILES string of the molecule is CC(C)(C)CC(CN)C(=O)Nc1ccc(C(=O)O)cc1Br. The van der Waals surface area contributed by atoms with Gasteiger partial charge < -0.3 is 16.2 Å². The lowest BCUT2D eigenvalue weighted by Crippen LogP contribution is -2.32. The van der Waals surface area contributed by atoms with E-state index in [1.165, 1.54) is 12.1 Å². The predicted octanol–water partition coefficient (Wildman–Crippen LogP) is 3.10. The average molecular weight is 357 g/mol. The molecule has 0 saturated carbocycles. The second kappa shape index (κ2) is 7.04. The first-order chi connectivity index (χ1) is 9.64. The molecule has 4 N–H and O–H groups in total. The van der Waals surface area contributed by atoms with Crippen molar-refractivity contribution in [2.24, 2.45) is 17.1 Å². The van der Waals surface area contributed by atoms with Gasteiger partial charge in [-0.3, -0.25) is 4.79 Å². The van der Waals surface area contributed by atoms with Crippen molar-refractivity contribution in [3.05, 3.63) is 28.2 Å². The number of aromatic carboxylic acids is 1. The molecule has 1 amide bonds. The van der Waals surface area contributed by atoms with Gasteiger partial charge in [0.2, 0.25) is 5.91 Å². The second-order valence-corrected chi connectivity index (χ2v) is 7.04. The summed E-state index contributed by atoms with van der Waals surface area (Å²) in [5.74, 6) is -1.45. The smallest absolute Gasteiger partial charge is 0.335 e. The third kappa shape index (κ3) is 5.47. The molecule has 6 heteroatoms. The van der Waals surface area contributed by atoms with Crippen LogP contribution in [0, 0.1) is 11.3 Å². The molecule has 1 aromatic carbocycles. The normalized spacial score (nSPS) is 12.8. The zero-order chi connectivity index (χ0) is 16.2. The predicted molar refractivity (Wildman–Crippen MR) is 86.3 cm³/mol. The van der Waals surface area contributed by atoms with Crippen LogP contribution in [0.25, 0.3) is 0 Å². The fourth-order valence-electron chi connectivity index (χ4n) is 2.01. The molecule has 1 aromatic rings. The molecule has 0 aromatic heterocycles. The van der Waals surface area contributed by atoms with E-state index < -0.39 is 5.97 Å². The zero-order valence-corrected chi connectivity index (χ0v) is 14.0. The number of carboxylic acids is 1. The first kappa shape index (κ1) is 17.7. The van der Waals surface area contributed by atoms with E-state index in [9.17, 15) is 9.59 Å². The molecular formula is C15H21BrN2O3. The summed E-state index contributed by atoms with van der Waals surface area (Å²) in [5, 5.41) is 11.7. The Morgan fingerprint density at radius 2 is 2.00 bits per heavy atom. The summed E-state index contributed by atoms with van der Waals surface area (Å²) in [7, 11) is 0. The quantitative estimate of drug-likeness (QED) is 0.755. The Morgan fingerprint density at radius 3 is 2.43 bits per heavy atom. The fraction of sp³-hybridized carbons (Fsp3) is 0.467. The number of halogens is 1. The minimum Gasteiger partial charge on any atom is -0.478 e. The monoisotopic (exact) mass is 356 g/mol. The molecule has 0 radical (unpaired) electrons. The van der Waals surface area contributed by atoms with E-state index in [2.05, 4.69) is 42.0 Å². The Balaban J connectivity index is 2.84. The molecule has 0 spiro atoms. The number of hydrogen-bond acceptors (Lipinski definition) is 3. The van der Waals surface area contributed by atoms with Gasteiger partial charge in [0.25, 0.3) is 0 Å². The number of carbonyl (C=O) groups excluding carboxylic acids is 1. The van der Waals surface area contributed by atoms with Crippen molar-refractivity contribution in [3.8, 4) is 0 Å². The summed E-state index contributed by atoms with van der Waals surface area (Å²) in [6.07, 6.45) is 0.681. The Morgan fingerprint density at radius 1 is 1.38 bits per heavy atom. The lowest BCUT2D eigenvalue weighted by atomic mass is 9.84. The number of carboxylic acid groups (broad SMARTS) is 1. The topological polar surface area (TPSA) is 92.4 Å². The van der Waals surface area contributed by atoms with E-state index in [0.717, 1.165) is 0 Å². The van der Waals surface area contributed by atoms with Crippen LogP contribution >= 0.6 is 15.9 Å². The molecule has 1 atom stereocenters. The minimum absolute atomic E-state index is 0.00573. The van der Waals surface area contributed by atoms with Crippen molar-refractivity contribution in [1.82, 2.24) is 0 Å². The number of anilines is 1. The summed E-state index contributed by atoms with van der Waals surface area (Å²) in [6, 6.07) is 4.47. The highest BCUT2D eigenvalue weighted by Gasteiger charge is 2.24. The molecule has 1 unspecified atom stereocenters. The summed E-state index contributed by atoms with van der Waals surface area (Å²) < 4.78 is 0.530. The van der Waals surface area contributed by atoms with Gasteiger partial charge in [-0.05, 0) is 46.0 Å². The molecule has 0 saturated heterocycles. The highest BCUT2D eigenvalue weighted by atomic mass is 79.9. The molecule has 0 aliphatic heterocycles. The van der Waals surface area contributed by atoms with Crippen molar-refractivity contribution in [3.63, 3.8) is 0 Å². The number of amides is 1. The van der Waals surface area contributed by atoms with E-state index >= 15 is 0 Å². The number of benzene rings is 1. The largest absolute Gasteiger partial charge is 0.478 e. The molecule has 1 rings (SSSR count). The van der Waals surface area contributed by atoms with Crippen LogP contribution in [0.15, 0.2) is 22.7 Å². The summed E-state index contributed by atoms with van der Waals surface area (Å²) >= 11 is 3.27. The van der Waals surface area contributed by atoms with Gasteiger partial charge in [-0.1, -0.05) is 20.8 Å². The van der Waals surface area contributed by atoms with Crippen molar-refractivity contribution in [2.45, 2.75) is 27.2 Å². The van der Waals surface area contributed by atoms with Crippen LogP contribution < -0.4 is 11.1 Å². The van der Waals surface area contributed by atoms with Gasteiger partial charge in [0, 0.05) is 11.0 Å². The van der Waals surface area contributed by atoms with E-state index in [0.29, 0.717) is 16.6 Å². The molecule has 0 heterocycles. The van der Waals surface area contributed by atoms with Crippen molar-refractivity contribution in [1.29, 1.82) is 0 Å². The molecule has 5 nitrogen and oxygen atoms in total. The number of hydrogen-bond donors (Lipinski definition) is 3. The Labute approximate surface area is 133 Å². The zero-order valence-electron chi connectivity index (χ0n) is 12.4. The van der Waals surface area contributed by atoms with E-state index in [1.807, 2.05) is 0 Å². The first-order valence-corrected chi connectivity index (χ1v) is 7.47. The van der Waals surface area contributed by atoms with Gasteiger partial charge in [-0.2, -0.15) is 0 Å². The van der Waals surface area contributed by atoms with Crippen LogP contribution in [0.3, 0.4) is 0 Å². The maximum Gasteiger partial charge on any atom is 0.335 e. The molecule has 0 bridgehead atoms. The number of nitrogens with two attached hydrogens (primary N) is 1. The van der Waals surface area contributed by atoms with Crippen LogP contribution in [0.1, 0.15) is 37.6 Å². The average Bonchev–Trinajstić information content (AvgIpc) is 2.36. The number of nitrogens with one attached hydrogen (secondary N) is 1. The minimum atomic E-state index is -1.01. The van der Waals surface area contributed by atoms with Crippen LogP contribution in [0.4, 0.5) is 5.69 Å². The van der Waals surface area contributed by atoms with Gasteiger partial charge in [0.05, 0.1) is 17.2 Å². The fourth-order valence-corrected chi connectivity index (χ4v) is 2.48. The summed E-state index contributed by atoms with van der Waals surface area (Å²) in [4.78, 5) is 23.1. The third-order valence-electron chi connectivity index (χ3n) is 2.99. The molecular weight excluding hydrogens is 336 g/mol. The molecule has 0 aliphatic rings. The molecule has 0 fully saturated rings. The maximum atomic E-state index is 12.3. The van der Waals surface area contributed by atoms with Crippen LogP contribution in [-0.4, -0.2) is 23.5 Å². The molecule has 116 valence electrons. The van der Waals surface area contributed by atoms with Gasteiger partial charge in [-0.25, -0.2) is 4.79 Å². The van der Waals surface area contributed by atoms with Gasteiger partial charge in [0.1, 0.15) is 0 Å². The Bertz CT molecular complexity index is 538. The van der Waals surface area contributed by atoms with Crippen molar-refractivity contribution in [2.75, 3.05) is 11.9 Å². The lowest BCUT2D eigenvalue weighted by molar-refractivity contribution is -0.120. The maximum absolute atomic E-state index is 12.3. The van der Waals surface area contributed by atoms with Crippen molar-refractivity contribution >= 4 is 33.5 Å². The first-order valence-electron chi connectivity index (χ1n) is 6.68. The second-order valence-electron chi connectivity index (χ2n) is 6.19.